The molecule has 7 rings (SSSR count). The van der Waals surface area contributed by atoms with Gasteiger partial charge in [-0.1, -0.05) is 54.6 Å². The second-order valence-corrected chi connectivity index (χ2v) is 13.3. The number of aromatic nitrogens is 2. The Kier molecular flexibility index (Phi) is 10.7. The fourth-order valence-corrected chi connectivity index (χ4v) is 6.57. The summed E-state index contributed by atoms with van der Waals surface area (Å²) in [4.78, 5) is 40.1. The van der Waals surface area contributed by atoms with Crippen LogP contribution in [0.1, 0.15) is 49.5 Å². The molecule has 0 aliphatic rings. The quantitative estimate of drug-likeness (QED) is 0.0557. The second kappa shape index (κ2) is 16.2. The zero-order chi connectivity index (χ0) is 37.4. The van der Waals surface area contributed by atoms with Crippen molar-refractivity contribution in [2.75, 3.05) is 34.4 Å². The van der Waals surface area contributed by atoms with Crippen molar-refractivity contribution in [1.82, 2.24) is 0 Å². The molecule has 0 aliphatic heterocycles. The minimum absolute atomic E-state index is 0.000914. The summed E-state index contributed by atoms with van der Waals surface area (Å²) in [6, 6.07) is 41.8. The third-order valence-corrected chi connectivity index (χ3v) is 9.34. The van der Waals surface area contributed by atoms with Crippen molar-refractivity contribution >= 4 is 62.2 Å². The molecule has 2 heterocycles. The molecule has 0 saturated carbocycles. The first-order valence-corrected chi connectivity index (χ1v) is 18.0. The SMILES string of the molecule is C[n+]1cc(NC(=O)c2cc(NCCCCNc3ccc(C(=O)c4ccccc4)cc3)cc(C(=O)Nc3cc4ccccc4[n+](C)c3)c2)cc2ccccc21. The molecule has 7 aromatic rings. The molecule has 2 aromatic heterocycles. The summed E-state index contributed by atoms with van der Waals surface area (Å²) in [5.74, 6) is -0.637. The van der Waals surface area contributed by atoms with Crippen LogP contribution in [0.5, 0.6) is 0 Å². The molecule has 54 heavy (non-hydrogen) atoms. The third-order valence-electron chi connectivity index (χ3n) is 9.34. The largest absolute Gasteiger partial charge is 0.385 e. The zero-order valence-electron chi connectivity index (χ0n) is 30.3. The van der Waals surface area contributed by atoms with E-state index in [-0.39, 0.29) is 17.6 Å². The van der Waals surface area contributed by atoms with Gasteiger partial charge in [-0.3, -0.25) is 14.4 Å². The maximum Gasteiger partial charge on any atom is 0.255 e. The number of hydrogen-bond donors (Lipinski definition) is 4. The number of anilines is 4. The monoisotopic (exact) mass is 714 g/mol. The van der Waals surface area contributed by atoms with Gasteiger partial charge in [-0.05, 0) is 79.6 Å². The van der Waals surface area contributed by atoms with E-state index in [0.717, 1.165) is 46.9 Å². The van der Waals surface area contributed by atoms with Gasteiger partial charge in [0.1, 0.15) is 25.5 Å². The number of benzene rings is 5. The number of carbonyl (C=O) groups excluding carboxylic acids is 3. The molecule has 0 bridgehead atoms. The normalized spacial score (nSPS) is 10.9. The first-order chi connectivity index (χ1) is 26.3. The summed E-state index contributed by atoms with van der Waals surface area (Å²) in [5, 5.41) is 14.9. The van der Waals surface area contributed by atoms with Gasteiger partial charge in [0.05, 0.1) is 0 Å². The molecule has 0 fully saturated rings. The van der Waals surface area contributed by atoms with Crippen molar-refractivity contribution in [2.24, 2.45) is 14.1 Å². The Morgan fingerprint density at radius 2 is 0.926 bits per heavy atom. The Morgan fingerprint density at radius 1 is 0.463 bits per heavy atom. The molecular weight excluding hydrogens is 673 g/mol. The fraction of sp³-hybridized carbons (Fsp3) is 0.133. The lowest BCUT2D eigenvalue weighted by atomic mass is 10.0. The van der Waals surface area contributed by atoms with E-state index in [1.165, 1.54) is 0 Å². The number of nitrogens with zero attached hydrogens (tertiary/aromatic N) is 2. The number of pyridine rings is 2. The van der Waals surface area contributed by atoms with Gasteiger partial charge in [-0.25, -0.2) is 0 Å². The number of unbranched alkanes of at least 4 members (excludes halogenated alkanes) is 1. The van der Waals surface area contributed by atoms with Crippen molar-refractivity contribution in [2.45, 2.75) is 12.8 Å². The highest BCUT2D eigenvalue weighted by atomic mass is 16.2. The van der Waals surface area contributed by atoms with Crippen LogP contribution in [-0.2, 0) is 14.1 Å². The smallest absolute Gasteiger partial charge is 0.255 e. The molecule has 0 radical (unpaired) electrons. The number of para-hydroxylation sites is 2. The average Bonchev–Trinajstić information content (AvgIpc) is 3.19. The Labute approximate surface area is 314 Å². The molecule has 5 aromatic carbocycles. The first-order valence-electron chi connectivity index (χ1n) is 18.0. The van der Waals surface area contributed by atoms with E-state index in [9.17, 15) is 14.4 Å². The first kappa shape index (κ1) is 35.5. The number of fused-ring (bicyclic) bond motifs is 2. The minimum Gasteiger partial charge on any atom is -0.385 e. The van der Waals surface area contributed by atoms with E-state index < -0.39 is 0 Å². The molecule has 0 atom stereocenters. The predicted molar refractivity (Wildman–Crippen MR) is 215 cm³/mol. The highest BCUT2D eigenvalue weighted by Gasteiger charge is 2.17. The van der Waals surface area contributed by atoms with Crippen LogP contribution in [0.15, 0.2) is 146 Å². The van der Waals surface area contributed by atoms with E-state index in [0.29, 0.717) is 45.9 Å². The maximum atomic E-state index is 13.7. The molecule has 2 amide bonds. The maximum absolute atomic E-state index is 13.7. The molecule has 0 unspecified atom stereocenters. The third kappa shape index (κ3) is 8.43. The zero-order valence-corrected chi connectivity index (χ0v) is 30.3. The van der Waals surface area contributed by atoms with Crippen LogP contribution < -0.4 is 30.4 Å². The Balaban J connectivity index is 1.02. The van der Waals surface area contributed by atoms with E-state index in [2.05, 4.69) is 21.3 Å². The van der Waals surface area contributed by atoms with Crippen LogP contribution in [0.4, 0.5) is 22.7 Å². The van der Waals surface area contributed by atoms with Gasteiger partial charge in [0.25, 0.3) is 11.8 Å². The fourth-order valence-electron chi connectivity index (χ4n) is 6.57. The lowest BCUT2D eigenvalue weighted by Crippen LogP contribution is -2.29. The molecule has 9 heteroatoms. The van der Waals surface area contributed by atoms with Gasteiger partial charge < -0.3 is 21.3 Å². The molecular formula is C45H42N6O3+2. The highest BCUT2D eigenvalue weighted by Crippen LogP contribution is 2.22. The molecule has 4 N–H and O–H groups in total. The molecule has 0 saturated heterocycles. The molecule has 9 nitrogen and oxygen atoms in total. The van der Waals surface area contributed by atoms with Gasteiger partial charge in [0.2, 0.25) is 11.0 Å². The minimum atomic E-state index is -0.319. The van der Waals surface area contributed by atoms with E-state index >= 15 is 0 Å². The van der Waals surface area contributed by atoms with E-state index in [4.69, 9.17) is 0 Å². The lowest BCUT2D eigenvalue weighted by molar-refractivity contribution is -0.644. The average molecular weight is 715 g/mol. The van der Waals surface area contributed by atoms with Crippen LogP contribution in [-0.4, -0.2) is 30.7 Å². The summed E-state index contributed by atoms with van der Waals surface area (Å²) < 4.78 is 3.95. The van der Waals surface area contributed by atoms with Crippen LogP contribution in [0.2, 0.25) is 0 Å². The summed E-state index contributed by atoms with van der Waals surface area (Å²) in [7, 11) is 3.89. The van der Waals surface area contributed by atoms with Crippen molar-refractivity contribution in [3.8, 4) is 0 Å². The van der Waals surface area contributed by atoms with E-state index in [1.54, 1.807) is 18.2 Å². The van der Waals surface area contributed by atoms with Gasteiger partial charge in [-0.2, -0.15) is 9.13 Å². The number of amides is 2. The van der Waals surface area contributed by atoms with Crippen molar-refractivity contribution < 1.29 is 23.5 Å². The summed E-state index contributed by atoms with van der Waals surface area (Å²) >= 11 is 0. The predicted octanol–water partition coefficient (Wildman–Crippen LogP) is 7.68. The summed E-state index contributed by atoms with van der Waals surface area (Å²) in [6.07, 6.45) is 5.48. The van der Waals surface area contributed by atoms with Gasteiger partial charge in [0, 0.05) is 69.6 Å². The molecule has 268 valence electrons. The number of nitrogens with one attached hydrogen (secondary N) is 4. The van der Waals surface area contributed by atoms with Crippen LogP contribution in [0.3, 0.4) is 0 Å². The van der Waals surface area contributed by atoms with Gasteiger partial charge in [-0.15, -0.1) is 0 Å². The van der Waals surface area contributed by atoms with Crippen LogP contribution in [0.25, 0.3) is 21.8 Å². The van der Waals surface area contributed by atoms with Crippen LogP contribution in [0, 0.1) is 0 Å². The Bertz CT molecular complexity index is 2360. The molecule has 0 aliphatic carbocycles. The Morgan fingerprint density at radius 3 is 1.46 bits per heavy atom. The molecule has 0 spiro atoms. The van der Waals surface area contributed by atoms with Crippen molar-refractivity contribution in [1.29, 1.82) is 0 Å². The highest BCUT2D eigenvalue weighted by molar-refractivity contribution is 6.10. The second-order valence-electron chi connectivity index (χ2n) is 13.3. The van der Waals surface area contributed by atoms with Crippen molar-refractivity contribution in [3.63, 3.8) is 0 Å². The number of carbonyl (C=O) groups is 3. The van der Waals surface area contributed by atoms with E-state index in [1.807, 2.05) is 151 Å². The number of rotatable bonds is 13. The number of ketones is 1. The topological polar surface area (TPSA) is 107 Å². The Hall–Kier alpha value is -6.87. The van der Waals surface area contributed by atoms with Gasteiger partial charge in [0.15, 0.2) is 18.2 Å². The standard InChI is InChI=1S/C45H40N6O3/c1-50-29-39(25-33-14-6-8-16-41(33)50)48-44(53)35-24-36(45(54)49-40-26-34-15-7-9-17-42(34)51(2)30-40)28-38(27-35)47-23-11-10-22-46-37-20-18-32(19-21-37)43(52)31-12-4-3-5-13-31/h3-9,12-21,24-30,47H,10-11,22-23H2,1-2H3,(H-2,46,48,49,52,53,54)/p+2. The summed E-state index contributed by atoms with van der Waals surface area (Å²) in [5.41, 5.74) is 7.06. The lowest BCUT2D eigenvalue weighted by Gasteiger charge is -2.13. The van der Waals surface area contributed by atoms with Gasteiger partial charge >= 0.3 is 0 Å². The van der Waals surface area contributed by atoms with Crippen LogP contribution >= 0.6 is 0 Å². The summed E-state index contributed by atoms with van der Waals surface area (Å²) in [6.45, 7) is 1.38. The van der Waals surface area contributed by atoms with Crippen molar-refractivity contribution in [3.05, 3.63) is 168 Å². The number of aryl methyl sites for hydroxylation is 2. The number of hydrogen-bond acceptors (Lipinski definition) is 5.